The Balaban J connectivity index is 1.72. The number of hydrogen-bond donors (Lipinski definition) is 0. The van der Waals surface area contributed by atoms with Gasteiger partial charge in [0.05, 0.1) is 19.6 Å². The third-order valence-corrected chi connectivity index (χ3v) is 6.02. The van der Waals surface area contributed by atoms with E-state index in [2.05, 4.69) is 51.1 Å². The molecule has 27 heavy (non-hydrogen) atoms. The van der Waals surface area contributed by atoms with E-state index >= 15 is 0 Å². The van der Waals surface area contributed by atoms with E-state index in [0.717, 1.165) is 58.5 Å². The van der Waals surface area contributed by atoms with Crippen molar-refractivity contribution in [2.45, 2.75) is 59.7 Å². The van der Waals surface area contributed by atoms with Gasteiger partial charge in [0.1, 0.15) is 0 Å². The van der Waals surface area contributed by atoms with E-state index in [1.807, 2.05) is 18.6 Å². The fourth-order valence-corrected chi connectivity index (χ4v) is 4.32. The molecule has 0 spiro atoms. The summed E-state index contributed by atoms with van der Waals surface area (Å²) in [5, 5.41) is 20.2. The summed E-state index contributed by atoms with van der Waals surface area (Å²) in [6.07, 6.45) is 9.23. The highest BCUT2D eigenvalue weighted by molar-refractivity contribution is 5.60. The molecule has 0 unspecified atom stereocenters. The van der Waals surface area contributed by atoms with Crippen LogP contribution in [0.5, 0.6) is 0 Å². The number of rotatable bonds is 6. The highest BCUT2D eigenvalue weighted by Gasteiger charge is 2.22. The van der Waals surface area contributed by atoms with E-state index in [1.165, 1.54) is 33.4 Å². The summed E-state index contributed by atoms with van der Waals surface area (Å²) in [5.41, 5.74) is 8.50. The standard InChI is InChI=1S/C21H30N6/c1-16-19(13-25-10-4-7-22-25)17(2)21(15-27-12-6-9-24-27)18(3)20(16)14-26-11-5-8-23-26/h7-9H,4-6,10-15H2,1-3H3. The minimum Gasteiger partial charge on any atom is -0.293 e. The molecular weight excluding hydrogens is 336 g/mol. The molecule has 0 bridgehead atoms. The second kappa shape index (κ2) is 7.71. The molecule has 6 heteroatoms. The van der Waals surface area contributed by atoms with E-state index in [4.69, 9.17) is 0 Å². The summed E-state index contributed by atoms with van der Waals surface area (Å²) in [6, 6.07) is 0. The molecule has 3 heterocycles. The molecule has 3 aliphatic heterocycles. The van der Waals surface area contributed by atoms with Crippen LogP contribution in [0.1, 0.15) is 52.6 Å². The maximum Gasteiger partial charge on any atom is 0.0616 e. The Kier molecular flexibility index (Phi) is 5.14. The van der Waals surface area contributed by atoms with Crippen molar-refractivity contribution in [2.24, 2.45) is 15.3 Å². The van der Waals surface area contributed by atoms with Gasteiger partial charge in [-0.2, -0.15) is 15.3 Å². The number of hydrogen-bond acceptors (Lipinski definition) is 6. The maximum absolute atomic E-state index is 4.54. The normalized spacial score (nSPS) is 18.6. The molecule has 3 aliphatic rings. The van der Waals surface area contributed by atoms with Crippen molar-refractivity contribution in [3.05, 3.63) is 33.4 Å². The van der Waals surface area contributed by atoms with Gasteiger partial charge in [-0.1, -0.05) is 0 Å². The fraction of sp³-hybridized carbons (Fsp3) is 0.571. The van der Waals surface area contributed by atoms with Crippen LogP contribution in [-0.4, -0.2) is 53.3 Å². The third-order valence-electron chi connectivity index (χ3n) is 6.02. The van der Waals surface area contributed by atoms with E-state index in [0.29, 0.717) is 0 Å². The van der Waals surface area contributed by atoms with E-state index < -0.39 is 0 Å². The van der Waals surface area contributed by atoms with Crippen molar-refractivity contribution in [1.82, 2.24) is 15.0 Å². The Hall–Kier alpha value is -2.37. The van der Waals surface area contributed by atoms with Crippen LogP contribution < -0.4 is 0 Å². The zero-order valence-electron chi connectivity index (χ0n) is 16.8. The Morgan fingerprint density at radius 3 is 1.11 bits per heavy atom. The minimum absolute atomic E-state index is 0.890. The molecule has 0 fully saturated rings. The van der Waals surface area contributed by atoms with Crippen LogP contribution in [0.25, 0.3) is 0 Å². The Morgan fingerprint density at radius 1 is 0.593 bits per heavy atom. The van der Waals surface area contributed by atoms with Crippen LogP contribution in [0.3, 0.4) is 0 Å². The van der Waals surface area contributed by atoms with Crippen molar-refractivity contribution in [1.29, 1.82) is 0 Å². The first-order chi connectivity index (χ1) is 13.1. The van der Waals surface area contributed by atoms with Gasteiger partial charge in [-0.05, 0) is 54.2 Å². The number of hydrazone groups is 3. The van der Waals surface area contributed by atoms with Gasteiger partial charge in [-0.25, -0.2) is 0 Å². The van der Waals surface area contributed by atoms with Crippen molar-refractivity contribution in [3.8, 4) is 0 Å². The van der Waals surface area contributed by atoms with E-state index in [-0.39, 0.29) is 0 Å². The van der Waals surface area contributed by atoms with Crippen LogP contribution >= 0.6 is 0 Å². The van der Waals surface area contributed by atoms with Crippen LogP contribution in [0, 0.1) is 20.8 Å². The van der Waals surface area contributed by atoms with Crippen molar-refractivity contribution in [3.63, 3.8) is 0 Å². The molecular formula is C21H30N6. The molecule has 1 aromatic carbocycles. The summed E-state index contributed by atoms with van der Waals surface area (Å²) in [4.78, 5) is 0. The SMILES string of the molecule is Cc1c(CN2CCC=N2)c(C)c(CN2CCC=N2)c(C)c1CN1CCC=N1. The molecule has 0 aliphatic carbocycles. The monoisotopic (exact) mass is 366 g/mol. The summed E-state index contributed by atoms with van der Waals surface area (Å²) < 4.78 is 0. The lowest BCUT2D eigenvalue weighted by molar-refractivity contribution is 0.297. The molecule has 0 aromatic heterocycles. The van der Waals surface area contributed by atoms with Gasteiger partial charge in [0.15, 0.2) is 0 Å². The quantitative estimate of drug-likeness (QED) is 0.777. The molecule has 1 aromatic rings. The van der Waals surface area contributed by atoms with Gasteiger partial charge < -0.3 is 0 Å². The average molecular weight is 367 g/mol. The molecule has 4 rings (SSSR count). The first kappa shape index (κ1) is 18.0. The van der Waals surface area contributed by atoms with Crippen molar-refractivity contribution >= 4 is 18.6 Å². The first-order valence-electron chi connectivity index (χ1n) is 10.1. The summed E-state index contributed by atoms with van der Waals surface area (Å²) in [7, 11) is 0. The second-order valence-electron chi connectivity index (χ2n) is 7.74. The largest absolute Gasteiger partial charge is 0.293 e. The summed E-state index contributed by atoms with van der Waals surface area (Å²) in [5.74, 6) is 0. The lowest BCUT2D eigenvalue weighted by Crippen LogP contribution is -2.22. The third kappa shape index (κ3) is 3.70. The maximum atomic E-state index is 4.54. The summed E-state index contributed by atoms with van der Waals surface area (Å²) in [6.45, 7) is 12.6. The van der Waals surface area contributed by atoms with Gasteiger partial charge in [0, 0.05) is 57.5 Å². The van der Waals surface area contributed by atoms with Crippen molar-refractivity contribution in [2.75, 3.05) is 19.6 Å². The van der Waals surface area contributed by atoms with Gasteiger partial charge in [-0.15, -0.1) is 0 Å². The van der Waals surface area contributed by atoms with Crippen LogP contribution in [0.2, 0.25) is 0 Å². The molecule has 0 N–H and O–H groups in total. The predicted octanol–water partition coefficient (Wildman–Crippen LogP) is 3.19. The van der Waals surface area contributed by atoms with Gasteiger partial charge in [0.2, 0.25) is 0 Å². The molecule has 0 saturated carbocycles. The molecule has 0 radical (unpaired) electrons. The Morgan fingerprint density at radius 2 is 0.889 bits per heavy atom. The molecule has 0 amide bonds. The number of nitrogens with zero attached hydrogens (tertiary/aromatic N) is 6. The zero-order valence-corrected chi connectivity index (χ0v) is 16.8. The highest BCUT2D eigenvalue weighted by atomic mass is 15.5. The molecule has 0 saturated heterocycles. The highest BCUT2D eigenvalue weighted by Crippen LogP contribution is 2.31. The topological polar surface area (TPSA) is 46.8 Å². The van der Waals surface area contributed by atoms with Crippen LogP contribution in [0.4, 0.5) is 0 Å². The molecule has 0 atom stereocenters. The first-order valence-corrected chi connectivity index (χ1v) is 10.1. The molecule has 144 valence electrons. The number of benzene rings is 1. The molecule has 6 nitrogen and oxygen atoms in total. The van der Waals surface area contributed by atoms with Crippen LogP contribution in [0.15, 0.2) is 15.3 Å². The Labute approximate surface area is 162 Å². The lowest BCUT2D eigenvalue weighted by atomic mass is 9.87. The van der Waals surface area contributed by atoms with Crippen LogP contribution in [-0.2, 0) is 19.6 Å². The fourth-order valence-electron chi connectivity index (χ4n) is 4.32. The van der Waals surface area contributed by atoms with Crippen molar-refractivity contribution < 1.29 is 0 Å². The zero-order chi connectivity index (χ0) is 18.8. The van der Waals surface area contributed by atoms with Gasteiger partial charge in [0.25, 0.3) is 0 Å². The Bertz CT molecular complexity index is 669. The second-order valence-corrected chi connectivity index (χ2v) is 7.74. The summed E-state index contributed by atoms with van der Waals surface area (Å²) >= 11 is 0. The van der Waals surface area contributed by atoms with E-state index in [9.17, 15) is 0 Å². The minimum atomic E-state index is 0.890. The average Bonchev–Trinajstić information content (AvgIpc) is 3.43. The van der Waals surface area contributed by atoms with Gasteiger partial charge in [-0.3, -0.25) is 15.0 Å². The van der Waals surface area contributed by atoms with Gasteiger partial charge >= 0.3 is 0 Å². The van der Waals surface area contributed by atoms with E-state index in [1.54, 1.807) is 0 Å². The smallest absolute Gasteiger partial charge is 0.0616 e. The predicted molar refractivity (Wildman–Crippen MR) is 111 cm³/mol. The lowest BCUT2D eigenvalue weighted by Gasteiger charge is -2.28.